The molecule has 2 rings (SSSR count). The van der Waals surface area contributed by atoms with E-state index >= 15 is 0 Å². The quantitative estimate of drug-likeness (QED) is 0.736. The fourth-order valence-corrected chi connectivity index (χ4v) is 2.84. The molecule has 1 heterocycles. The Morgan fingerprint density at radius 3 is 2.29 bits per heavy atom. The molecular formula is C15H19NSi. The molecule has 0 saturated carbocycles. The van der Waals surface area contributed by atoms with Gasteiger partial charge < -0.3 is 0 Å². The number of pyridine rings is 1. The fourth-order valence-electron chi connectivity index (χ4n) is 1.73. The Morgan fingerprint density at radius 1 is 1.12 bits per heavy atom. The van der Waals surface area contributed by atoms with Gasteiger partial charge in [-0.1, -0.05) is 56.0 Å². The van der Waals surface area contributed by atoms with E-state index in [9.17, 15) is 0 Å². The molecule has 2 aromatic rings. The van der Waals surface area contributed by atoms with Gasteiger partial charge in [-0.15, -0.1) is 0 Å². The lowest BCUT2D eigenvalue weighted by Gasteiger charge is -2.17. The van der Waals surface area contributed by atoms with Crippen LogP contribution in [0.3, 0.4) is 0 Å². The first-order valence-corrected chi connectivity index (χ1v) is 9.25. The Labute approximate surface area is 109 Å². The molecule has 0 amide bonds. The second-order valence-electron chi connectivity index (χ2n) is 5.30. The van der Waals surface area contributed by atoms with Crippen molar-refractivity contribution in [3.63, 3.8) is 0 Å². The zero-order chi connectivity index (χ0) is 15.1. The fraction of sp³-hybridized carbons (Fsp3) is 0.267. The topological polar surface area (TPSA) is 12.9 Å². The second-order valence-corrected chi connectivity index (χ2v) is 10.4. The summed E-state index contributed by atoms with van der Waals surface area (Å²) >= 11 is 0. The molecule has 1 aromatic carbocycles. The predicted molar refractivity (Wildman–Crippen MR) is 77.4 cm³/mol. The molecule has 0 spiro atoms. The van der Waals surface area contributed by atoms with E-state index in [-0.39, 0.29) is 18.1 Å². The predicted octanol–water partition coefficient (Wildman–Crippen LogP) is 3.60. The molecule has 1 nitrogen and oxygen atoms in total. The van der Waals surface area contributed by atoms with Crippen LogP contribution in [0.4, 0.5) is 0 Å². The van der Waals surface area contributed by atoms with E-state index in [1.54, 1.807) is 12.1 Å². The van der Waals surface area contributed by atoms with Crippen molar-refractivity contribution in [1.82, 2.24) is 4.98 Å². The number of benzene rings is 1. The number of aryl methyl sites for hydroxylation is 1. The van der Waals surface area contributed by atoms with Crippen molar-refractivity contribution in [2.75, 3.05) is 0 Å². The van der Waals surface area contributed by atoms with Crippen LogP contribution in [0.2, 0.25) is 19.6 Å². The van der Waals surface area contributed by atoms with Gasteiger partial charge in [0, 0.05) is 11.8 Å². The minimum absolute atomic E-state index is 0.0369. The largest absolute Gasteiger partial charge is 0.256 e. The molecule has 0 saturated heterocycles. The molecule has 0 fully saturated rings. The molecule has 0 unspecified atom stereocenters. The minimum Gasteiger partial charge on any atom is -0.256 e. The Balaban J connectivity index is 2.54. The maximum atomic E-state index is 7.73. The van der Waals surface area contributed by atoms with Gasteiger partial charge in [0.1, 0.15) is 0 Å². The van der Waals surface area contributed by atoms with Crippen LogP contribution in [0, 0.1) is 6.92 Å². The van der Waals surface area contributed by atoms with E-state index in [1.807, 2.05) is 13.1 Å². The lowest BCUT2D eigenvalue weighted by molar-refractivity contribution is 1.28. The number of hydrogen-bond donors (Lipinski definition) is 0. The van der Waals surface area contributed by atoms with E-state index < -0.39 is 8.07 Å². The highest BCUT2D eigenvalue weighted by Crippen LogP contribution is 2.19. The minimum atomic E-state index is -1.39. The number of rotatable bonds is 2. The molecule has 0 aliphatic heterocycles. The maximum Gasteiger partial charge on any atom is 0.0796 e. The highest BCUT2D eigenvalue weighted by atomic mass is 28.3. The molecule has 17 heavy (non-hydrogen) atoms. The van der Waals surface area contributed by atoms with Gasteiger partial charge in [0.15, 0.2) is 0 Å². The Morgan fingerprint density at radius 2 is 1.76 bits per heavy atom. The average Bonchev–Trinajstić information content (AvgIpc) is 2.34. The summed E-state index contributed by atoms with van der Waals surface area (Å²) in [7, 11) is -1.39. The third-order valence-corrected chi connectivity index (χ3v) is 4.82. The summed E-state index contributed by atoms with van der Waals surface area (Å²) in [6.07, 6.45) is 1.91. The first-order valence-electron chi connectivity index (χ1n) is 7.25. The zero-order valence-electron chi connectivity index (χ0n) is 13.8. The van der Waals surface area contributed by atoms with Gasteiger partial charge in [-0.2, -0.15) is 0 Å². The van der Waals surface area contributed by atoms with Crippen LogP contribution in [-0.2, 0) is 0 Å². The molecule has 0 bridgehead atoms. The van der Waals surface area contributed by atoms with Gasteiger partial charge >= 0.3 is 0 Å². The van der Waals surface area contributed by atoms with Gasteiger partial charge in [-0.05, 0) is 17.7 Å². The summed E-state index contributed by atoms with van der Waals surface area (Å²) in [6, 6.07) is 5.50. The van der Waals surface area contributed by atoms with Crippen LogP contribution in [0.25, 0.3) is 11.3 Å². The Kier molecular flexibility index (Phi) is 2.27. The van der Waals surface area contributed by atoms with E-state index in [4.69, 9.17) is 4.11 Å². The lowest BCUT2D eigenvalue weighted by Crippen LogP contribution is -2.38. The van der Waals surface area contributed by atoms with Crippen LogP contribution in [0.1, 0.15) is 9.68 Å². The monoisotopic (exact) mass is 244 g/mol. The summed E-state index contributed by atoms with van der Waals surface area (Å²) in [5, 5.41) is 1.30. The highest BCUT2D eigenvalue weighted by Gasteiger charge is 2.17. The zero-order valence-corrected chi connectivity index (χ0v) is 11.8. The van der Waals surface area contributed by atoms with Gasteiger partial charge in [0.2, 0.25) is 0 Å². The molecule has 0 N–H and O–H groups in total. The van der Waals surface area contributed by atoms with Gasteiger partial charge in [-0.25, -0.2) is 0 Å². The number of nitrogens with zero attached hydrogens (tertiary/aromatic N) is 1. The van der Waals surface area contributed by atoms with Crippen molar-refractivity contribution in [3.05, 3.63) is 48.1 Å². The number of hydrogen-bond acceptors (Lipinski definition) is 1. The molecular weight excluding hydrogens is 222 g/mol. The van der Waals surface area contributed by atoms with E-state index in [2.05, 4.69) is 30.7 Å². The summed E-state index contributed by atoms with van der Waals surface area (Å²) in [5.41, 5.74) is 2.60. The first-order chi connectivity index (χ1) is 9.20. The molecule has 88 valence electrons. The van der Waals surface area contributed by atoms with Crippen molar-refractivity contribution in [2.24, 2.45) is 0 Å². The van der Waals surface area contributed by atoms with Crippen molar-refractivity contribution in [2.45, 2.75) is 26.6 Å². The van der Waals surface area contributed by atoms with Crippen LogP contribution in [0.15, 0.2) is 42.5 Å². The van der Waals surface area contributed by atoms with Crippen LogP contribution in [-0.4, -0.2) is 13.1 Å². The SMILES string of the molecule is [2H]c1cc(-c2ncc([Si](C)(C)C)cc2C)cc([2H])c1[2H]. The molecule has 0 aliphatic carbocycles. The summed E-state index contributed by atoms with van der Waals surface area (Å²) in [4.78, 5) is 4.53. The Hall–Kier alpha value is -1.41. The van der Waals surface area contributed by atoms with Crippen LogP contribution < -0.4 is 5.19 Å². The smallest absolute Gasteiger partial charge is 0.0796 e. The Bertz CT molecular complexity index is 640. The lowest BCUT2D eigenvalue weighted by atomic mass is 10.1. The standard InChI is InChI=1S/C15H19NSi/c1-12-10-14(17(2,3)4)11-16-15(12)13-8-6-5-7-9-13/h5-11H,1-4H3/i5D,6D,7D. The maximum absolute atomic E-state index is 7.73. The normalized spacial score (nSPS) is 14.0. The molecule has 1 aromatic heterocycles. The molecule has 0 aliphatic rings. The summed E-state index contributed by atoms with van der Waals surface area (Å²) < 4.78 is 23.1. The summed E-state index contributed by atoms with van der Waals surface area (Å²) in [6.45, 7) is 8.85. The second kappa shape index (κ2) is 4.45. The van der Waals surface area contributed by atoms with Crippen LogP contribution >= 0.6 is 0 Å². The van der Waals surface area contributed by atoms with E-state index in [0.717, 1.165) is 16.8 Å². The van der Waals surface area contributed by atoms with Crippen molar-refractivity contribution in [1.29, 1.82) is 0 Å². The molecule has 0 radical (unpaired) electrons. The van der Waals surface area contributed by atoms with Gasteiger partial charge in [-0.3, -0.25) is 4.98 Å². The van der Waals surface area contributed by atoms with Crippen molar-refractivity contribution >= 4 is 13.3 Å². The number of aromatic nitrogens is 1. The third-order valence-electron chi connectivity index (χ3n) is 2.82. The van der Waals surface area contributed by atoms with E-state index in [1.165, 1.54) is 5.19 Å². The molecule has 2 heteroatoms. The average molecular weight is 244 g/mol. The van der Waals surface area contributed by atoms with E-state index in [0.29, 0.717) is 0 Å². The van der Waals surface area contributed by atoms with Crippen molar-refractivity contribution in [3.8, 4) is 11.3 Å². The summed E-state index contributed by atoms with van der Waals surface area (Å²) in [5.74, 6) is 0. The highest BCUT2D eigenvalue weighted by molar-refractivity contribution is 6.88. The van der Waals surface area contributed by atoms with Gasteiger partial charge in [0.05, 0.1) is 17.9 Å². The van der Waals surface area contributed by atoms with Gasteiger partial charge in [0.25, 0.3) is 0 Å². The third kappa shape index (κ3) is 2.64. The van der Waals surface area contributed by atoms with Crippen LogP contribution in [0.5, 0.6) is 0 Å². The first kappa shape index (κ1) is 8.64. The molecule has 0 atom stereocenters. The van der Waals surface area contributed by atoms with Crippen molar-refractivity contribution < 1.29 is 4.11 Å².